The normalized spacial score (nSPS) is 11.7. The molecule has 0 radical (unpaired) electrons. The lowest BCUT2D eigenvalue weighted by Gasteiger charge is -2.06. The van der Waals surface area contributed by atoms with Gasteiger partial charge in [0, 0.05) is 30.6 Å². The molecule has 2 aromatic rings. The number of hydrogen-bond donors (Lipinski definition) is 4. The van der Waals surface area contributed by atoms with Crippen molar-refractivity contribution in [1.29, 1.82) is 0 Å². The van der Waals surface area contributed by atoms with E-state index in [1.54, 1.807) is 6.07 Å². The summed E-state index contributed by atoms with van der Waals surface area (Å²) in [6.45, 7) is 2.85. The van der Waals surface area contributed by atoms with E-state index in [1.165, 1.54) is 7.05 Å². The van der Waals surface area contributed by atoms with E-state index in [2.05, 4.69) is 15.3 Å². The maximum atomic E-state index is 12.0. The number of aromatic nitrogens is 1. The molecular weight excluding hydrogens is 270 g/mol. The number of aromatic amines is 1. The van der Waals surface area contributed by atoms with Gasteiger partial charge in [0.05, 0.1) is 0 Å². The molecule has 0 bridgehead atoms. The molecule has 0 saturated heterocycles. The van der Waals surface area contributed by atoms with Crippen molar-refractivity contribution in [3.63, 3.8) is 0 Å². The van der Waals surface area contributed by atoms with Crippen molar-refractivity contribution in [2.24, 2.45) is 16.5 Å². The number of nitrogens with two attached hydrogens (primary N) is 2. The lowest BCUT2D eigenvalue weighted by molar-refractivity contribution is 0.0972. The number of H-pyrrole nitrogens is 1. The van der Waals surface area contributed by atoms with Gasteiger partial charge in [-0.2, -0.15) is 0 Å². The summed E-state index contributed by atoms with van der Waals surface area (Å²) in [6.07, 6.45) is 0. The minimum atomic E-state index is -0.335. The number of carbonyl (C=O) groups is 1. The Morgan fingerprint density at radius 1 is 1.43 bits per heavy atom. The van der Waals surface area contributed by atoms with Gasteiger partial charge in [0.1, 0.15) is 18.1 Å². The van der Waals surface area contributed by atoms with Crippen LogP contribution in [0.1, 0.15) is 16.1 Å². The van der Waals surface area contributed by atoms with Crippen LogP contribution in [0.4, 0.5) is 0 Å². The predicted molar refractivity (Wildman–Crippen MR) is 82.6 cm³/mol. The Hall–Kier alpha value is -2.54. The first-order valence-corrected chi connectivity index (χ1v) is 6.55. The molecule has 0 saturated carbocycles. The quantitative estimate of drug-likeness (QED) is 0.483. The number of hydrogen-bond acceptors (Lipinski definition) is 4. The van der Waals surface area contributed by atoms with Crippen LogP contribution < -0.4 is 21.5 Å². The van der Waals surface area contributed by atoms with Gasteiger partial charge in [0.25, 0.3) is 5.91 Å². The molecule has 1 amide bonds. The van der Waals surface area contributed by atoms with Crippen LogP contribution in [0.3, 0.4) is 0 Å². The van der Waals surface area contributed by atoms with Gasteiger partial charge in [-0.15, -0.1) is 0 Å². The molecule has 7 nitrogen and oxygen atoms in total. The van der Waals surface area contributed by atoms with Crippen LogP contribution in [-0.4, -0.2) is 37.1 Å². The number of fused-ring (bicyclic) bond motifs is 1. The second-order valence-corrected chi connectivity index (χ2v) is 4.58. The zero-order valence-corrected chi connectivity index (χ0v) is 12.1. The zero-order chi connectivity index (χ0) is 15.4. The highest BCUT2D eigenvalue weighted by molar-refractivity contribution is 6.06. The van der Waals surface area contributed by atoms with Crippen molar-refractivity contribution in [3.05, 3.63) is 29.5 Å². The molecule has 1 aromatic heterocycles. The van der Waals surface area contributed by atoms with Gasteiger partial charge in [-0.3, -0.25) is 15.1 Å². The Morgan fingerprint density at radius 3 is 2.86 bits per heavy atom. The van der Waals surface area contributed by atoms with Gasteiger partial charge in [-0.1, -0.05) is 0 Å². The topological polar surface area (TPSA) is 119 Å². The molecule has 112 valence electrons. The SMILES string of the molecule is CN=C(N)NC(=O)c1cc2c(C)cc(OCCN)cc2[nH]1. The molecule has 0 aliphatic heterocycles. The van der Waals surface area contributed by atoms with Crippen LogP contribution in [-0.2, 0) is 0 Å². The average molecular weight is 289 g/mol. The van der Waals surface area contributed by atoms with E-state index in [0.717, 1.165) is 16.5 Å². The third-order valence-corrected chi connectivity index (χ3v) is 3.03. The molecule has 21 heavy (non-hydrogen) atoms. The summed E-state index contributed by atoms with van der Waals surface area (Å²) in [4.78, 5) is 18.7. The monoisotopic (exact) mass is 289 g/mol. The van der Waals surface area contributed by atoms with E-state index >= 15 is 0 Å². The second-order valence-electron chi connectivity index (χ2n) is 4.58. The van der Waals surface area contributed by atoms with Gasteiger partial charge >= 0.3 is 0 Å². The van der Waals surface area contributed by atoms with Gasteiger partial charge < -0.3 is 21.2 Å². The lowest BCUT2D eigenvalue weighted by Crippen LogP contribution is -2.36. The van der Waals surface area contributed by atoms with Gasteiger partial charge in [-0.25, -0.2) is 0 Å². The largest absolute Gasteiger partial charge is 0.492 e. The Labute approximate surface area is 122 Å². The average Bonchev–Trinajstić information content (AvgIpc) is 2.89. The van der Waals surface area contributed by atoms with Crippen molar-refractivity contribution in [2.45, 2.75) is 6.92 Å². The van der Waals surface area contributed by atoms with E-state index < -0.39 is 0 Å². The van der Waals surface area contributed by atoms with Crippen LogP contribution in [0, 0.1) is 6.92 Å². The fourth-order valence-corrected chi connectivity index (χ4v) is 2.01. The summed E-state index contributed by atoms with van der Waals surface area (Å²) in [5.74, 6) is 0.453. The van der Waals surface area contributed by atoms with Crippen LogP contribution >= 0.6 is 0 Å². The molecule has 2 rings (SSSR count). The first-order valence-electron chi connectivity index (χ1n) is 6.55. The number of amides is 1. The minimum absolute atomic E-state index is 0.0716. The Balaban J connectivity index is 2.32. The highest BCUT2D eigenvalue weighted by atomic mass is 16.5. The van der Waals surface area contributed by atoms with Gasteiger partial charge in [-0.05, 0) is 24.6 Å². The van der Waals surface area contributed by atoms with Crippen LogP contribution in [0.2, 0.25) is 0 Å². The summed E-state index contributed by atoms with van der Waals surface area (Å²) in [5, 5.41) is 3.44. The van der Waals surface area contributed by atoms with Crippen molar-refractivity contribution in [2.75, 3.05) is 20.2 Å². The number of guanidine groups is 1. The molecule has 0 fully saturated rings. The molecule has 0 aliphatic rings. The summed E-state index contributed by atoms with van der Waals surface area (Å²) in [7, 11) is 1.51. The second kappa shape index (κ2) is 6.27. The minimum Gasteiger partial charge on any atom is -0.492 e. The van der Waals surface area contributed by atoms with Crippen molar-refractivity contribution < 1.29 is 9.53 Å². The first-order chi connectivity index (χ1) is 10.0. The lowest BCUT2D eigenvalue weighted by atomic mass is 10.1. The van der Waals surface area contributed by atoms with E-state index in [1.807, 2.05) is 19.1 Å². The molecular formula is C14H19N5O2. The van der Waals surface area contributed by atoms with Gasteiger partial charge in [0.2, 0.25) is 0 Å². The molecule has 1 heterocycles. The van der Waals surface area contributed by atoms with Crippen LogP contribution in [0.25, 0.3) is 10.9 Å². The van der Waals surface area contributed by atoms with Crippen molar-refractivity contribution >= 4 is 22.8 Å². The van der Waals surface area contributed by atoms with Crippen molar-refractivity contribution in [1.82, 2.24) is 10.3 Å². The van der Waals surface area contributed by atoms with E-state index in [0.29, 0.717) is 24.6 Å². The number of benzene rings is 1. The fraction of sp³-hybridized carbons (Fsp3) is 0.286. The first kappa shape index (κ1) is 14.9. The number of nitrogens with one attached hydrogen (secondary N) is 2. The number of carbonyl (C=O) groups excluding carboxylic acids is 1. The Morgan fingerprint density at radius 2 is 2.19 bits per heavy atom. The number of aryl methyl sites for hydroxylation is 1. The zero-order valence-electron chi connectivity index (χ0n) is 12.1. The molecule has 6 N–H and O–H groups in total. The maximum Gasteiger partial charge on any atom is 0.274 e. The molecule has 0 atom stereocenters. The molecule has 7 heteroatoms. The summed E-state index contributed by atoms with van der Waals surface area (Å²) in [6, 6.07) is 5.52. The van der Waals surface area contributed by atoms with Crippen LogP contribution in [0.15, 0.2) is 23.2 Å². The molecule has 1 aromatic carbocycles. The maximum absolute atomic E-state index is 12.0. The van der Waals surface area contributed by atoms with E-state index in [9.17, 15) is 4.79 Å². The smallest absolute Gasteiger partial charge is 0.274 e. The highest BCUT2D eigenvalue weighted by Gasteiger charge is 2.12. The Kier molecular flexibility index (Phi) is 4.44. The Bertz CT molecular complexity index is 690. The third kappa shape index (κ3) is 3.32. The van der Waals surface area contributed by atoms with E-state index in [4.69, 9.17) is 16.2 Å². The van der Waals surface area contributed by atoms with E-state index in [-0.39, 0.29) is 11.9 Å². The summed E-state index contributed by atoms with van der Waals surface area (Å²) < 4.78 is 5.51. The van der Waals surface area contributed by atoms with Crippen molar-refractivity contribution in [3.8, 4) is 5.75 Å². The highest BCUT2D eigenvalue weighted by Crippen LogP contribution is 2.25. The summed E-state index contributed by atoms with van der Waals surface area (Å²) in [5.41, 5.74) is 13.1. The summed E-state index contributed by atoms with van der Waals surface area (Å²) >= 11 is 0. The number of rotatable bonds is 4. The number of ether oxygens (including phenoxy) is 1. The standard InChI is InChI=1S/C14H19N5O2/c1-8-5-9(21-4-3-15)6-11-10(8)7-12(18-11)13(20)19-14(16)17-2/h5-7,18H,3-4,15H2,1-2H3,(H3,16,17,19,20). The third-order valence-electron chi connectivity index (χ3n) is 3.03. The molecule has 0 aliphatic carbocycles. The molecule has 0 spiro atoms. The fourth-order valence-electron chi connectivity index (χ4n) is 2.01. The number of aliphatic imine (C=N–C) groups is 1. The van der Waals surface area contributed by atoms with Crippen LogP contribution in [0.5, 0.6) is 5.75 Å². The molecule has 0 unspecified atom stereocenters. The number of nitrogens with zero attached hydrogens (tertiary/aromatic N) is 1. The van der Waals surface area contributed by atoms with Gasteiger partial charge in [0.15, 0.2) is 5.96 Å². The predicted octanol–water partition coefficient (Wildman–Crippen LogP) is 0.488.